The number of hydrogen-bond acceptors (Lipinski definition) is 1. The molecular formula is C67H38N2. The molecule has 2 heteroatoms. The Bertz CT molecular complexity index is 4360. The predicted octanol–water partition coefficient (Wildman–Crippen LogP) is 18.4. The highest BCUT2D eigenvalue weighted by Crippen LogP contribution is 2.45. The van der Waals surface area contributed by atoms with Gasteiger partial charge in [0.05, 0.1) is 28.4 Å². The van der Waals surface area contributed by atoms with Gasteiger partial charge in [-0.1, -0.05) is 164 Å². The zero-order valence-corrected chi connectivity index (χ0v) is 37.3. The Morgan fingerprint density at radius 1 is 0.232 bits per heavy atom. The fourth-order valence-electron chi connectivity index (χ4n) is 12.1. The molecule has 0 amide bonds. The van der Waals surface area contributed by atoms with Gasteiger partial charge in [0.1, 0.15) is 0 Å². The molecule has 0 aliphatic carbocycles. The van der Waals surface area contributed by atoms with Crippen LogP contribution in [0.2, 0.25) is 0 Å². The Hall–Kier alpha value is -9.11. The van der Waals surface area contributed by atoms with Crippen LogP contribution >= 0.6 is 0 Å². The van der Waals surface area contributed by atoms with E-state index in [0.29, 0.717) is 0 Å². The van der Waals surface area contributed by atoms with E-state index in [9.17, 15) is 0 Å². The quantitative estimate of drug-likeness (QED) is 0.158. The average molecular weight is 871 g/mol. The molecule has 2 nitrogen and oxygen atoms in total. The van der Waals surface area contributed by atoms with E-state index in [1.54, 1.807) is 0 Å². The number of aromatic nitrogens is 2. The molecule has 0 unspecified atom stereocenters. The summed E-state index contributed by atoms with van der Waals surface area (Å²) in [6, 6.07) is 83.9. The van der Waals surface area contributed by atoms with Gasteiger partial charge in [-0.05, 0) is 181 Å². The number of hydrogen-bond donors (Lipinski definition) is 0. The van der Waals surface area contributed by atoms with Crippen LogP contribution in [0.25, 0.3) is 158 Å². The van der Waals surface area contributed by atoms with E-state index in [2.05, 4.69) is 229 Å². The Labute approximate surface area is 396 Å². The Morgan fingerprint density at radius 3 is 0.957 bits per heavy atom. The van der Waals surface area contributed by atoms with Crippen molar-refractivity contribution in [2.24, 2.45) is 0 Å². The largest absolute Gasteiger partial charge is 0.308 e. The maximum absolute atomic E-state index is 5.00. The van der Waals surface area contributed by atoms with Crippen molar-refractivity contribution in [2.75, 3.05) is 0 Å². The number of benzene rings is 14. The summed E-state index contributed by atoms with van der Waals surface area (Å²) in [6.45, 7) is 0. The lowest BCUT2D eigenvalue weighted by molar-refractivity contribution is 1.16. The van der Waals surface area contributed by atoms with Crippen LogP contribution in [-0.4, -0.2) is 9.55 Å². The zero-order chi connectivity index (χ0) is 44.9. The fourth-order valence-corrected chi connectivity index (χ4v) is 12.1. The molecular weight excluding hydrogens is 833 g/mol. The van der Waals surface area contributed by atoms with Crippen molar-refractivity contribution >= 4 is 108 Å². The molecule has 0 fully saturated rings. The van der Waals surface area contributed by atoms with Crippen LogP contribution in [0.3, 0.4) is 0 Å². The van der Waals surface area contributed by atoms with Crippen LogP contribution in [0.4, 0.5) is 0 Å². The van der Waals surface area contributed by atoms with Crippen molar-refractivity contribution in [2.45, 2.75) is 0 Å². The first-order valence-electron chi connectivity index (χ1n) is 23.9. The van der Waals surface area contributed by atoms with Crippen molar-refractivity contribution in [3.63, 3.8) is 0 Å². The van der Waals surface area contributed by atoms with E-state index in [4.69, 9.17) is 4.98 Å². The van der Waals surface area contributed by atoms with Gasteiger partial charge in [-0.2, -0.15) is 0 Å². The van der Waals surface area contributed by atoms with Gasteiger partial charge < -0.3 is 4.57 Å². The van der Waals surface area contributed by atoms with Crippen molar-refractivity contribution in [3.8, 4) is 50.2 Å². The molecule has 16 rings (SSSR count). The molecule has 0 radical (unpaired) electrons. The molecule has 0 saturated carbocycles. The minimum Gasteiger partial charge on any atom is -0.308 e. The smallest absolute Gasteiger partial charge is 0.0703 e. The number of fused-ring (bicyclic) bond motifs is 1. The summed E-state index contributed by atoms with van der Waals surface area (Å²) >= 11 is 0. The number of rotatable bonds is 5. The van der Waals surface area contributed by atoms with Crippen LogP contribution in [0.1, 0.15) is 0 Å². The monoisotopic (exact) mass is 870 g/mol. The number of pyridine rings is 1. The highest BCUT2D eigenvalue weighted by atomic mass is 15.0. The van der Waals surface area contributed by atoms with Gasteiger partial charge >= 0.3 is 0 Å². The minimum absolute atomic E-state index is 0.991. The average Bonchev–Trinajstić information content (AvgIpc) is 3.75. The molecule has 316 valence electrons. The van der Waals surface area contributed by atoms with Gasteiger partial charge in [-0.25, -0.2) is 0 Å². The molecule has 14 aromatic carbocycles. The summed E-state index contributed by atoms with van der Waals surface area (Å²) in [7, 11) is 0. The van der Waals surface area contributed by atoms with Gasteiger partial charge in [-0.3, -0.25) is 4.98 Å². The van der Waals surface area contributed by atoms with E-state index >= 15 is 0 Å². The first-order chi connectivity index (χ1) is 34.1. The van der Waals surface area contributed by atoms with E-state index in [1.165, 1.54) is 142 Å². The van der Waals surface area contributed by atoms with Gasteiger partial charge in [0.2, 0.25) is 0 Å². The van der Waals surface area contributed by atoms with Gasteiger partial charge in [0.15, 0.2) is 0 Å². The van der Waals surface area contributed by atoms with E-state index in [1.807, 2.05) is 6.20 Å². The normalized spacial score (nSPS) is 12.3. The SMILES string of the molecule is c1ccc2ncc(-n3c4cc(-c5ccc(-c6cc7ccc8cccc9ccc(c6)c7c89)cc5)cc5ccc6cc(-c7ccc(-c8cc9ccc%10cccc%11ccc(c8)c9c%10%11)cc7)cc3c6c54)cc2c1. The van der Waals surface area contributed by atoms with Crippen LogP contribution in [-0.2, 0) is 0 Å². The zero-order valence-electron chi connectivity index (χ0n) is 37.3. The lowest BCUT2D eigenvalue weighted by atomic mass is 9.90. The van der Waals surface area contributed by atoms with Crippen molar-refractivity contribution < 1.29 is 0 Å². The Kier molecular flexibility index (Phi) is 7.37. The maximum atomic E-state index is 5.00. The highest BCUT2D eigenvalue weighted by molar-refractivity contribution is 6.27. The third-order valence-electron chi connectivity index (χ3n) is 15.3. The lowest BCUT2D eigenvalue weighted by Crippen LogP contribution is -1.96. The Balaban J connectivity index is 0.823. The van der Waals surface area contributed by atoms with Crippen molar-refractivity contribution in [1.82, 2.24) is 9.55 Å². The minimum atomic E-state index is 0.991. The summed E-state index contributed by atoms with van der Waals surface area (Å²) in [5, 5.41) is 21.8. The summed E-state index contributed by atoms with van der Waals surface area (Å²) < 4.78 is 2.45. The molecule has 0 atom stereocenters. The van der Waals surface area contributed by atoms with Gasteiger partial charge in [0, 0.05) is 16.2 Å². The highest BCUT2D eigenvalue weighted by Gasteiger charge is 2.21. The summed E-state index contributed by atoms with van der Waals surface area (Å²) in [5.41, 5.74) is 14.0. The predicted molar refractivity (Wildman–Crippen MR) is 294 cm³/mol. The summed E-state index contributed by atoms with van der Waals surface area (Å²) in [5.74, 6) is 0. The molecule has 0 bridgehead atoms. The lowest BCUT2D eigenvalue weighted by Gasteiger charge is -2.13. The van der Waals surface area contributed by atoms with E-state index < -0.39 is 0 Å². The van der Waals surface area contributed by atoms with Crippen LogP contribution < -0.4 is 0 Å². The second-order valence-corrected chi connectivity index (χ2v) is 19.1. The molecule has 0 N–H and O–H groups in total. The number of para-hydroxylation sites is 1. The maximum Gasteiger partial charge on any atom is 0.0703 e. The fraction of sp³-hybridized carbons (Fsp3) is 0. The summed E-state index contributed by atoms with van der Waals surface area (Å²) in [4.78, 5) is 5.00. The topological polar surface area (TPSA) is 17.8 Å². The molecule has 0 aliphatic heterocycles. The Morgan fingerprint density at radius 2 is 0.551 bits per heavy atom. The molecule has 2 heterocycles. The molecule has 0 aliphatic rings. The van der Waals surface area contributed by atoms with Crippen LogP contribution in [0.15, 0.2) is 231 Å². The number of nitrogens with zero attached hydrogens (tertiary/aromatic N) is 2. The second kappa shape index (κ2) is 13.7. The van der Waals surface area contributed by atoms with Crippen LogP contribution in [0, 0.1) is 0 Å². The summed E-state index contributed by atoms with van der Waals surface area (Å²) in [6.07, 6.45) is 2.04. The first kappa shape index (κ1) is 37.0. The van der Waals surface area contributed by atoms with E-state index in [-0.39, 0.29) is 0 Å². The van der Waals surface area contributed by atoms with Crippen molar-refractivity contribution in [1.29, 1.82) is 0 Å². The van der Waals surface area contributed by atoms with Gasteiger partial charge in [0.25, 0.3) is 0 Å². The standard InChI is InChI=1S/C67H38N2/c1-2-10-59-47(5-1)35-58(38-68-59)69-60-36-56(41-15-11-39(12-16-41)54-29-48-23-19-43-6-3-7-44-20-24-49(30-54)64(48)62(43)44)33-52-27-28-53-34-57(37-61(69)67(53)66(52)60)42-17-13-40(14-18-42)55-31-50-25-21-45-8-4-9-46-22-26-51(32-55)65(50)63(45)46/h1-38H. The molecule has 2 aromatic heterocycles. The molecule has 0 saturated heterocycles. The van der Waals surface area contributed by atoms with E-state index in [0.717, 1.165) is 16.6 Å². The van der Waals surface area contributed by atoms with Crippen molar-refractivity contribution in [3.05, 3.63) is 231 Å². The molecule has 16 aromatic rings. The van der Waals surface area contributed by atoms with Gasteiger partial charge in [-0.15, -0.1) is 0 Å². The van der Waals surface area contributed by atoms with Crippen LogP contribution in [0.5, 0.6) is 0 Å². The molecule has 69 heavy (non-hydrogen) atoms. The third kappa shape index (κ3) is 5.40. The second-order valence-electron chi connectivity index (χ2n) is 19.1. The first-order valence-corrected chi connectivity index (χ1v) is 23.9. The third-order valence-corrected chi connectivity index (χ3v) is 15.3. The molecule has 0 spiro atoms.